The number of hydrogen-bond acceptors (Lipinski definition) is 4. The number of carbonyl (C=O) groups excluding carboxylic acids is 2. The minimum atomic E-state index is -0.979. The molecule has 1 atom stereocenters. The van der Waals surface area contributed by atoms with Gasteiger partial charge in [-0.25, -0.2) is 9.18 Å². The second-order valence-corrected chi connectivity index (χ2v) is 6.27. The summed E-state index contributed by atoms with van der Waals surface area (Å²) in [6.45, 7) is 1.03. The second-order valence-electron chi connectivity index (χ2n) is 5.46. The fourth-order valence-corrected chi connectivity index (χ4v) is 2.56. The predicted molar refractivity (Wildman–Crippen MR) is 81.6 cm³/mol. The topological polar surface area (TPSA) is 79.2 Å². The lowest BCUT2D eigenvalue weighted by atomic mass is 9.98. The van der Waals surface area contributed by atoms with Crippen LogP contribution in [0.5, 0.6) is 0 Å². The van der Waals surface area contributed by atoms with Crippen molar-refractivity contribution in [1.29, 1.82) is 5.26 Å². The number of ether oxygens (including phenoxy) is 1. The Morgan fingerprint density at radius 3 is 2.65 bits per heavy atom. The van der Waals surface area contributed by atoms with Crippen molar-refractivity contribution in [3.63, 3.8) is 0 Å². The van der Waals surface area contributed by atoms with Gasteiger partial charge in [0, 0.05) is 0 Å². The summed E-state index contributed by atoms with van der Waals surface area (Å²) in [6, 6.07) is 3.98. The molecule has 2 rings (SSSR count). The highest BCUT2D eigenvalue weighted by Crippen LogP contribution is 2.39. The first-order valence-corrected chi connectivity index (χ1v) is 7.56. The molecule has 1 aliphatic rings. The van der Waals surface area contributed by atoms with E-state index in [0.29, 0.717) is 0 Å². The van der Waals surface area contributed by atoms with Crippen molar-refractivity contribution in [2.45, 2.75) is 25.3 Å². The zero-order valence-electron chi connectivity index (χ0n) is 12.2. The maximum Gasteiger partial charge on any atom is 0.340 e. The summed E-state index contributed by atoms with van der Waals surface area (Å²) in [4.78, 5) is 23.7. The molecule has 0 radical (unpaired) electrons. The molecule has 1 N–H and O–H groups in total. The van der Waals surface area contributed by atoms with Gasteiger partial charge in [-0.2, -0.15) is 5.26 Å². The molecule has 23 heavy (non-hydrogen) atoms. The summed E-state index contributed by atoms with van der Waals surface area (Å²) in [5.74, 6) is -2.28. The molecule has 0 aliphatic heterocycles. The van der Waals surface area contributed by atoms with E-state index < -0.39 is 29.8 Å². The van der Waals surface area contributed by atoms with E-state index in [-0.39, 0.29) is 21.5 Å². The Balaban J connectivity index is 1.95. The normalized spacial score (nSPS) is 16.1. The van der Waals surface area contributed by atoms with E-state index in [1.807, 2.05) is 0 Å². The average molecular weight is 359 g/mol. The van der Waals surface area contributed by atoms with Crippen molar-refractivity contribution in [3.05, 3.63) is 33.6 Å². The first-order valence-electron chi connectivity index (χ1n) is 6.81. The number of halogens is 3. The summed E-state index contributed by atoms with van der Waals surface area (Å²) in [5.41, 5.74) is -1.21. The number of amides is 1. The molecule has 0 unspecified atom stereocenters. The Labute approximate surface area is 142 Å². The Bertz CT molecular complexity index is 701. The monoisotopic (exact) mass is 358 g/mol. The molecule has 5 nitrogen and oxygen atoms in total. The fraction of sp³-hybridized carbons (Fsp3) is 0.400. The van der Waals surface area contributed by atoms with Gasteiger partial charge < -0.3 is 10.1 Å². The number of rotatable bonds is 5. The Kier molecular flexibility index (Phi) is 5.12. The zero-order valence-corrected chi connectivity index (χ0v) is 13.7. The van der Waals surface area contributed by atoms with Crippen LogP contribution in [-0.2, 0) is 9.53 Å². The summed E-state index contributed by atoms with van der Waals surface area (Å²) in [5, 5.41) is 11.4. The van der Waals surface area contributed by atoms with Gasteiger partial charge >= 0.3 is 5.97 Å². The molecular formula is C15H13Cl2FN2O3. The second kappa shape index (κ2) is 6.73. The number of carbonyl (C=O) groups is 2. The number of benzene rings is 1. The van der Waals surface area contributed by atoms with E-state index in [4.69, 9.17) is 33.2 Å². The molecule has 1 aromatic carbocycles. The molecule has 122 valence electrons. The van der Waals surface area contributed by atoms with E-state index >= 15 is 0 Å². The lowest BCUT2D eigenvalue weighted by Gasteiger charge is -2.22. The summed E-state index contributed by atoms with van der Waals surface area (Å²) in [6.07, 6.45) is 1.73. The van der Waals surface area contributed by atoms with Crippen LogP contribution in [0.1, 0.15) is 30.1 Å². The van der Waals surface area contributed by atoms with Crippen LogP contribution in [0.15, 0.2) is 12.1 Å². The fourth-order valence-electron chi connectivity index (χ4n) is 2.10. The third kappa shape index (κ3) is 4.12. The Morgan fingerprint density at radius 2 is 2.09 bits per heavy atom. The van der Waals surface area contributed by atoms with Crippen molar-refractivity contribution in [2.24, 2.45) is 5.92 Å². The summed E-state index contributed by atoms with van der Waals surface area (Å²) < 4.78 is 18.2. The SMILES string of the molecule is C[C@](C#N)(NC(=O)COC(=O)c1cc(F)c(Cl)cc1Cl)C1CC1. The summed E-state index contributed by atoms with van der Waals surface area (Å²) >= 11 is 11.3. The molecular weight excluding hydrogens is 346 g/mol. The number of esters is 1. The third-order valence-electron chi connectivity index (χ3n) is 3.59. The maximum atomic E-state index is 13.4. The number of nitriles is 1. The molecule has 0 bridgehead atoms. The van der Waals surface area contributed by atoms with Crippen LogP contribution in [0, 0.1) is 23.1 Å². The number of nitrogens with one attached hydrogen (secondary N) is 1. The van der Waals surface area contributed by atoms with Crippen molar-refractivity contribution in [2.75, 3.05) is 6.61 Å². The van der Waals surface area contributed by atoms with Gasteiger partial charge in [0.05, 0.1) is 21.7 Å². The van der Waals surface area contributed by atoms with E-state index in [0.717, 1.165) is 25.0 Å². The first-order chi connectivity index (χ1) is 10.8. The van der Waals surface area contributed by atoms with E-state index in [1.54, 1.807) is 6.92 Å². The zero-order chi connectivity index (χ0) is 17.2. The highest BCUT2D eigenvalue weighted by atomic mass is 35.5. The van der Waals surface area contributed by atoms with Gasteiger partial charge in [0.15, 0.2) is 6.61 Å². The predicted octanol–water partition coefficient (Wildman–Crippen LogP) is 3.10. The Morgan fingerprint density at radius 1 is 1.43 bits per heavy atom. The smallest absolute Gasteiger partial charge is 0.340 e. The quantitative estimate of drug-likeness (QED) is 0.647. The highest BCUT2D eigenvalue weighted by Gasteiger charge is 2.43. The molecule has 0 heterocycles. The standard InChI is InChI=1S/C15H13Cl2FN2O3/c1-15(7-19,8-2-3-8)20-13(21)6-23-14(22)9-4-12(18)11(17)5-10(9)16/h4-5,8H,2-3,6H2,1H3,(H,20,21)/t15-/m1/s1. The lowest BCUT2D eigenvalue weighted by molar-refractivity contribution is -0.125. The summed E-state index contributed by atoms with van der Waals surface area (Å²) in [7, 11) is 0. The van der Waals surface area contributed by atoms with Crippen molar-refractivity contribution in [1.82, 2.24) is 5.32 Å². The van der Waals surface area contributed by atoms with Gasteiger partial charge in [-0.15, -0.1) is 0 Å². The van der Waals surface area contributed by atoms with Gasteiger partial charge in [-0.1, -0.05) is 23.2 Å². The van der Waals surface area contributed by atoms with Gasteiger partial charge in [-0.05, 0) is 37.8 Å². The molecule has 8 heteroatoms. The minimum absolute atomic E-state index is 0.0818. The van der Waals surface area contributed by atoms with E-state index in [9.17, 15) is 14.0 Å². The van der Waals surface area contributed by atoms with E-state index in [2.05, 4.69) is 11.4 Å². The van der Waals surface area contributed by atoms with Crippen LogP contribution in [0.25, 0.3) is 0 Å². The molecule has 1 aromatic rings. The van der Waals surface area contributed by atoms with Crippen molar-refractivity contribution < 1.29 is 18.7 Å². The maximum absolute atomic E-state index is 13.4. The molecule has 1 fully saturated rings. The minimum Gasteiger partial charge on any atom is -0.452 e. The van der Waals surface area contributed by atoms with Crippen LogP contribution < -0.4 is 5.32 Å². The van der Waals surface area contributed by atoms with Gasteiger partial charge in [0.2, 0.25) is 0 Å². The molecule has 0 aromatic heterocycles. The van der Waals surface area contributed by atoms with Gasteiger partial charge in [0.25, 0.3) is 5.91 Å². The van der Waals surface area contributed by atoms with Gasteiger partial charge in [0.1, 0.15) is 11.4 Å². The molecule has 1 aliphatic carbocycles. The first kappa shape index (κ1) is 17.5. The van der Waals surface area contributed by atoms with Crippen LogP contribution in [0.4, 0.5) is 4.39 Å². The third-order valence-corrected chi connectivity index (χ3v) is 4.19. The Hall–Kier alpha value is -1.84. The highest BCUT2D eigenvalue weighted by molar-refractivity contribution is 6.36. The molecule has 0 saturated heterocycles. The van der Waals surface area contributed by atoms with E-state index in [1.165, 1.54) is 0 Å². The van der Waals surface area contributed by atoms with Gasteiger partial charge in [-0.3, -0.25) is 4.79 Å². The largest absolute Gasteiger partial charge is 0.452 e. The van der Waals surface area contributed by atoms with Crippen LogP contribution in [0.2, 0.25) is 10.0 Å². The lowest BCUT2D eigenvalue weighted by Crippen LogP contribution is -2.48. The molecule has 1 amide bonds. The molecule has 1 saturated carbocycles. The van der Waals surface area contributed by atoms with Crippen LogP contribution in [-0.4, -0.2) is 24.0 Å². The van der Waals surface area contributed by atoms with Crippen molar-refractivity contribution >= 4 is 35.1 Å². The average Bonchev–Trinajstić information content (AvgIpc) is 3.33. The van der Waals surface area contributed by atoms with Crippen LogP contribution >= 0.6 is 23.2 Å². The number of nitrogens with zero attached hydrogens (tertiary/aromatic N) is 1. The van der Waals surface area contributed by atoms with Crippen molar-refractivity contribution in [3.8, 4) is 6.07 Å². The number of hydrogen-bond donors (Lipinski definition) is 1. The molecule has 0 spiro atoms. The van der Waals surface area contributed by atoms with Crippen LogP contribution in [0.3, 0.4) is 0 Å².